The largest absolute Gasteiger partial charge is 0.336 e. The molecule has 0 saturated carbocycles. The number of hydrogen-bond donors (Lipinski definition) is 1. The number of nitrogens with zero attached hydrogens (tertiary/aromatic N) is 1. The fourth-order valence-electron chi connectivity index (χ4n) is 2.59. The molecule has 106 valence electrons. The van der Waals surface area contributed by atoms with Gasteiger partial charge in [-0.15, -0.1) is 0 Å². The van der Waals surface area contributed by atoms with E-state index in [0.717, 1.165) is 32.2 Å². The van der Waals surface area contributed by atoms with Crippen LogP contribution < -0.4 is 5.73 Å². The van der Waals surface area contributed by atoms with Crippen molar-refractivity contribution in [1.29, 1.82) is 0 Å². The zero-order valence-corrected chi connectivity index (χ0v) is 12.8. The molecular weight excluding hydrogens is 224 g/mol. The van der Waals surface area contributed by atoms with Crippen molar-refractivity contribution in [2.24, 2.45) is 11.1 Å². The van der Waals surface area contributed by atoms with E-state index in [0.29, 0.717) is 11.8 Å². The predicted octanol–water partition coefficient (Wildman–Crippen LogP) is 2.93. The highest BCUT2D eigenvalue weighted by Crippen LogP contribution is 2.28. The SMILES string of the molecule is CC(C)(C)CCCC(=O)N1CC(N)CCC1(C)C. The van der Waals surface area contributed by atoms with Crippen molar-refractivity contribution in [3.8, 4) is 0 Å². The third kappa shape index (κ3) is 4.60. The van der Waals surface area contributed by atoms with Crippen LogP contribution in [0.2, 0.25) is 0 Å². The maximum Gasteiger partial charge on any atom is 0.223 e. The van der Waals surface area contributed by atoms with E-state index in [1.54, 1.807) is 0 Å². The van der Waals surface area contributed by atoms with Crippen LogP contribution in [0.25, 0.3) is 0 Å². The molecule has 3 nitrogen and oxygen atoms in total. The van der Waals surface area contributed by atoms with Gasteiger partial charge in [-0.05, 0) is 44.9 Å². The first-order valence-corrected chi connectivity index (χ1v) is 7.18. The minimum absolute atomic E-state index is 0.0192. The summed E-state index contributed by atoms with van der Waals surface area (Å²) in [5.74, 6) is 0.277. The zero-order chi connectivity index (χ0) is 14.0. The van der Waals surface area contributed by atoms with Gasteiger partial charge in [-0.25, -0.2) is 0 Å². The number of carbonyl (C=O) groups is 1. The van der Waals surface area contributed by atoms with Gasteiger partial charge in [-0.1, -0.05) is 20.8 Å². The molecule has 3 heteroatoms. The van der Waals surface area contributed by atoms with E-state index in [4.69, 9.17) is 5.73 Å². The monoisotopic (exact) mass is 254 g/mol. The van der Waals surface area contributed by atoms with Gasteiger partial charge in [0.25, 0.3) is 0 Å². The number of nitrogens with two attached hydrogens (primary N) is 1. The first-order chi connectivity index (χ1) is 8.12. The van der Waals surface area contributed by atoms with Crippen molar-refractivity contribution in [2.75, 3.05) is 6.54 Å². The van der Waals surface area contributed by atoms with Crippen LogP contribution in [0, 0.1) is 5.41 Å². The number of amides is 1. The molecule has 1 amide bonds. The van der Waals surface area contributed by atoms with Crippen LogP contribution in [0.15, 0.2) is 0 Å². The Kier molecular flexibility index (Phi) is 4.82. The quantitative estimate of drug-likeness (QED) is 0.841. The van der Waals surface area contributed by atoms with Gasteiger partial charge in [0, 0.05) is 24.5 Å². The number of carbonyl (C=O) groups excluding carboxylic acids is 1. The summed E-state index contributed by atoms with van der Waals surface area (Å²) in [4.78, 5) is 14.3. The highest BCUT2D eigenvalue weighted by atomic mass is 16.2. The van der Waals surface area contributed by atoms with E-state index in [1.165, 1.54) is 0 Å². The second-order valence-electron chi connectivity index (χ2n) is 7.53. The van der Waals surface area contributed by atoms with Crippen molar-refractivity contribution in [1.82, 2.24) is 4.90 Å². The van der Waals surface area contributed by atoms with Crippen molar-refractivity contribution in [3.05, 3.63) is 0 Å². The van der Waals surface area contributed by atoms with Crippen LogP contribution in [0.3, 0.4) is 0 Å². The number of likely N-dealkylation sites (tertiary alicyclic amines) is 1. The topological polar surface area (TPSA) is 46.3 Å². The molecule has 2 N–H and O–H groups in total. The molecule has 1 heterocycles. The van der Waals surface area contributed by atoms with Gasteiger partial charge in [0.1, 0.15) is 0 Å². The Morgan fingerprint density at radius 3 is 2.56 bits per heavy atom. The van der Waals surface area contributed by atoms with Gasteiger partial charge in [-0.3, -0.25) is 4.79 Å². The van der Waals surface area contributed by atoms with Crippen molar-refractivity contribution < 1.29 is 4.79 Å². The molecule has 1 fully saturated rings. The van der Waals surface area contributed by atoms with E-state index >= 15 is 0 Å². The maximum atomic E-state index is 12.3. The Hall–Kier alpha value is -0.570. The first kappa shape index (κ1) is 15.5. The fourth-order valence-corrected chi connectivity index (χ4v) is 2.59. The van der Waals surface area contributed by atoms with Crippen LogP contribution in [0.1, 0.15) is 66.7 Å². The van der Waals surface area contributed by atoms with E-state index in [-0.39, 0.29) is 17.5 Å². The number of rotatable bonds is 3. The smallest absolute Gasteiger partial charge is 0.223 e. The van der Waals surface area contributed by atoms with Crippen molar-refractivity contribution in [2.45, 2.75) is 78.3 Å². The molecule has 0 spiro atoms. The highest BCUT2D eigenvalue weighted by Gasteiger charge is 2.35. The molecule has 0 aliphatic carbocycles. The molecule has 1 aliphatic rings. The molecule has 18 heavy (non-hydrogen) atoms. The van der Waals surface area contributed by atoms with Crippen LogP contribution in [0.4, 0.5) is 0 Å². The molecule has 1 unspecified atom stereocenters. The predicted molar refractivity (Wildman–Crippen MR) is 76.3 cm³/mol. The summed E-state index contributed by atoms with van der Waals surface area (Å²) in [6.45, 7) is 11.7. The Bertz CT molecular complexity index is 291. The van der Waals surface area contributed by atoms with Crippen LogP contribution >= 0.6 is 0 Å². The van der Waals surface area contributed by atoms with Crippen molar-refractivity contribution >= 4 is 5.91 Å². The summed E-state index contributed by atoms with van der Waals surface area (Å²) in [5, 5.41) is 0. The lowest BCUT2D eigenvalue weighted by Gasteiger charge is -2.45. The molecule has 0 aromatic heterocycles. The van der Waals surface area contributed by atoms with Gasteiger partial charge in [-0.2, -0.15) is 0 Å². The zero-order valence-electron chi connectivity index (χ0n) is 12.8. The first-order valence-electron chi connectivity index (χ1n) is 7.18. The molecule has 0 aromatic carbocycles. The van der Waals surface area contributed by atoms with Crippen LogP contribution in [0.5, 0.6) is 0 Å². The summed E-state index contributed by atoms with van der Waals surface area (Å²) in [6.07, 6.45) is 4.77. The summed E-state index contributed by atoms with van der Waals surface area (Å²) in [7, 11) is 0. The molecular formula is C15H30N2O. The van der Waals surface area contributed by atoms with E-state index < -0.39 is 0 Å². The van der Waals surface area contributed by atoms with Gasteiger partial charge in [0.15, 0.2) is 0 Å². The lowest BCUT2D eigenvalue weighted by atomic mass is 9.87. The van der Waals surface area contributed by atoms with Gasteiger partial charge in [0.05, 0.1) is 0 Å². The average Bonchev–Trinajstić information content (AvgIpc) is 2.19. The summed E-state index contributed by atoms with van der Waals surface area (Å²) >= 11 is 0. The minimum atomic E-state index is -0.0192. The third-order valence-corrected chi connectivity index (χ3v) is 3.89. The Morgan fingerprint density at radius 1 is 1.39 bits per heavy atom. The second kappa shape index (κ2) is 5.60. The highest BCUT2D eigenvalue weighted by molar-refractivity contribution is 5.77. The Labute approximate surface area is 112 Å². The molecule has 1 atom stereocenters. The number of hydrogen-bond acceptors (Lipinski definition) is 2. The molecule has 0 aromatic rings. The molecule has 0 bridgehead atoms. The molecule has 1 saturated heterocycles. The summed E-state index contributed by atoms with van der Waals surface area (Å²) in [5.41, 5.74) is 6.28. The van der Waals surface area contributed by atoms with Gasteiger partial charge < -0.3 is 10.6 Å². The van der Waals surface area contributed by atoms with Crippen molar-refractivity contribution in [3.63, 3.8) is 0 Å². The Morgan fingerprint density at radius 2 is 2.00 bits per heavy atom. The fraction of sp³-hybridized carbons (Fsp3) is 0.933. The van der Waals surface area contributed by atoms with Gasteiger partial charge >= 0.3 is 0 Å². The van der Waals surface area contributed by atoms with Crippen LogP contribution in [-0.4, -0.2) is 28.9 Å². The minimum Gasteiger partial charge on any atom is -0.336 e. The Balaban J connectivity index is 2.49. The maximum absolute atomic E-state index is 12.3. The molecule has 0 radical (unpaired) electrons. The van der Waals surface area contributed by atoms with Crippen LogP contribution in [-0.2, 0) is 4.79 Å². The standard InChI is InChI=1S/C15H30N2O/c1-14(2,3)9-6-7-13(18)17-11-12(16)8-10-15(17,4)5/h12H,6-11,16H2,1-5H3. The summed E-state index contributed by atoms with van der Waals surface area (Å²) < 4.78 is 0. The van der Waals surface area contributed by atoms with E-state index in [9.17, 15) is 4.79 Å². The average molecular weight is 254 g/mol. The van der Waals surface area contributed by atoms with E-state index in [2.05, 4.69) is 34.6 Å². The number of piperidine rings is 1. The van der Waals surface area contributed by atoms with E-state index in [1.807, 2.05) is 4.90 Å². The normalized spacial score (nSPS) is 24.1. The lowest BCUT2D eigenvalue weighted by molar-refractivity contribution is -0.139. The van der Waals surface area contributed by atoms with Gasteiger partial charge in [0.2, 0.25) is 5.91 Å². The molecule has 1 aliphatic heterocycles. The molecule has 1 rings (SSSR count). The second-order valence-corrected chi connectivity index (χ2v) is 7.53. The summed E-state index contributed by atoms with van der Waals surface area (Å²) in [6, 6.07) is 0.157. The third-order valence-electron chi connectivity index (χ3n) is 3.89. The lowest BCUT2D eigenvalue weighted by Crippen LogP contribution is -2.56.